The van der Waals surface area contributed by atoms with E-state index in [1.807, 2.05) is 0 Å². The van der Waals surface area contributed by atoms with Crippen LogP contribution in [0.4, 0.5) is 0 Å². The third-order valence-corrected chi connectivity index (χ3v) is 2.85. The molecule has 1 aromatic heterocycles. The molecule has 3 N–H and O–H groups in total. The minimum Gasteiger partial charge on any atom is -0.344 e. The first-order valence-electron chi connectivity index (χ1n) is 5.36. The summed E-state index contributed by atoms with van der Waals surface area (Å²) in [5.74, 6) is 1.64. The summed E-state index contributed by atoms with van der Waals surface area (Å²) in [6.45, 7) is 6.51. The molecule has 0 aliphatic heterocycles. The lowest BCUT2D eigenvalue weighted by Gasteiger charge is -2.03. The summed E-state index contributed by atoms with van der Waals surface area (Å²) in [5, 5.41) is 0. The van der Waals surface area contributed by atoms with Crippen LogP contribution in [0.5, 0.6) is 0 Å². The second-order valence-corrected chi connectivity index (χ2v) is 4.91. The molecule has 0 amide bonds. The molecule has 3 nitrogen and oxygen atoms in total. The molecule has 3 heteroatoms. The van der Waals surface area contributed by atoms with Gasteiger partial charge in [-0.15, -0.1) is 0 Å². The Hall–Kier alpha value is -0.830. The number of hydrogen-bond acceptors (Lipinski definition) is 2. The van der Waals surface area contributed by atoms with Gasteiger partial charge in [-0.3, -0.25) is 0 Å². The van der Waals surface area contributed by atoms with Crippen LogP contribution in [0.2, 0.25) is 0 Å². The maximum absolute atomic E-state index is 6.09. The molecular weight excluding hydrogens is 174 g/mol. The number of aromatic amines is 1. The quantitative estimate of drug-likeness (QED) is 0.770. The van der Waals surface area contributed by atoms with E-state index in [2.05, 4.69) is 30.7 Å². The van der Waals surface area contributed by atoms with Gasteiger partial charge in [0, 0.05) is 5.69 Å². The zero-order valence-electron chi connectivity index (χ0n) is 9.22. The highest BCUT2D eigenvalue weighted by molar-refractivity contribution is 5.22. The van der Waals surface area contributed by atoms with Crippen LogP contribution in [-0.2, 0) is 12.0 Å². The van der Waals surface area contributed by atoms with Crippen LogP contribution < -0.4 is 5.73 Å². The second kappa shape index (κ2) is 3.09. The maximum Gasteiger partial charge on any atom is 0.126 e. The van der Waals surface area contributed by atoms with E-state index in [0.29, 0.717) is 5.92 Å². The fraction of sp³-hybridized carbons (Fsp3) is 0.727. The van der Waals surface area contributed by atoms with Crippen molar-refractivity contribution in [2.45, 2.75) is 45.6 Å². The number of aryl methyl sites for hydroxylation is 1. The van der Waals surface area contributed by atoms with Crippen LogP contribution in [-0.4, -0.2) is 9.97 Å². The lowest BCUT2D eigenvalue weighted by atomic mass is 10.1. The van der Waals surface area contributed by atoms with Crippen LogP contribution >= 0.6 is 0 Å². The molecular formula is C11H19N3. The van der Waals surface area contributed by atoms with Crippen LogP contribution in [0.3, 0.4) is 0 Å². The Balaban J connectivity index is 2.21. The molecule has 0 spiro atoms. The SMILES string of the molecule is Cc1[nH]c(C2(N)CC2)nc1CC(C)C. The number of nitrogens with two attached hydrogens (primary N) is 1. The van der Waals surface area contributed by atoms with E-state index in [-0.39, 0.29) is 5.54 Å². The number of rotatable bonds is 3. The van der Waals surface area contributed by atoms with Crippen molar-refractivity contribution in [3.05, 3.63) is 17.2 Å². The van der Waals surface area contributed by atoms with Crippen molar-refractivity contribution in [3.8, 4) is 0 Å². The van der Waals surface area contributed by atoms with Gasteiger partial charge in [0.25, 0.3) is 0 Å². The van der Waals surface area contributed by atoms with Gasteiger partial charge in [-0.05, 0) is 32.1 Å². The Morgan fingerprint density at radius 3 is 2.64 bits per heavy atom. The highest BCUT2D eigenvalue weighted by Gasteiger charge is 2.43. The average molecular weight is 193 g/mol. The molecule has 1 heterocycles. The van der Waals surface area contributed by atoms with E-state index in [1.54, 1.807) is 0 Å². The molecule has 1 aliphatic rings. The topological polar surface area (TPSA) is 54.7 Å². The summed E-state index contributed by atoms with van der Waals surface area (Å²) in [6.07, 6.45) is 3.18. The Morgan fingerprint density at radius 1 is 1.50 bits per heavy atom. The van der Waals surface area contributed by atoms with Crippen molar-refractivity contribution in [2.75, 3.05) is 0 Å². The fourth-order valence-corrected chi connectivity index (χ4v) is 1.69. The van der Waals surface area contributed by atoms with Crippen molar-refractivity contribution in [1.29, 1.82) is 0 Å². The standard InChI is InChI=1S/C11H19N3/c1-7(2)6-9-8(3)13-10(14-9)11(12)4-5-11/h7H,4-6,12H2,1-3H3,(H,13,14). The Labute approximate surface area is 85.1 Å². The second-order valence-electron chi connectivity index (χ2n) is 4.91. The van der Waals surface area contributed by atoms with Crippen molar-refractivity contribution < 1.29 is 0 Å². The van der Waals surface area contributed by atoms with E-state index in [4.69, 9.17) is 5.73 Å². The summed E-state index contributed by atoms with van der Waals surface area (Å²) >= 11 is 0. The van der Waals surface area contributed by atoms with E-state index in [0.717, 1.165) is 25.1 Å². The van der Waals surface area contributed by atoms with Crippen molar-refractivity contribution >= 4 is 0 Å². The first-order chi connectivity index (χ1) is 6.51. The number of aromatic nitrogens is 2. The molecule has 78 valence electrons. The van der Waals surface area contributed by atoms with Crippen LogP contribution in [0.25, 0.3) is 0 Å². The van der Waals surface area contributed by atoms with Crippen LogP contribution in [0.15, 0.2) is 0 Å². The number of hydrogen-bond donors (Lipinski definition) is 2. The first-order valence-corrected chi connectivity index (χ1v) is 5.36. The minimum absolute atomic E-state index is 0.125. The van der Waals surface area contributed by atoms with Gasteiger partial charge in [0.1, 0.15) is 5.82 Å². The molecule has 0 unspecified atom stereocenters. The van der Waals surface area contributed by atoms with Gasteiger partial charge in [-0.1, -0.05) is 13.8 Å². The molecule has 1 saturated carbocycles. The summed E-state index contributed by atoms with van der Waals surface area (Å²) in [4.78, 5) is 7.92. The van der Waals surface area contributed by atoms with Gasteiger partial charge in [-0.2, -0.15) is 0 Å². The summed E-state index contributed by atoms with van der Waals surface area (Å²) in [5.41, 5.74) is 8.33. The largest absolute Gasteiger partial charge is 0.344 e. The Kier molecular flexibility index (Phi) is 2.14. The van der Waals surface area contributed by atoms with E-state index in [1.165, 1.54) is 11.4 Å². The summed E-state index contributed by atoms with van der Waals surface area (Å²) < 4.78 is 0. The normalized spacial score (nSPS) is 18.9. The number of nitrogens with one attached hydrogen (secondary N) is 1. The average Bonchev–Trinajstić information content (AvgIpc) is 2.71. The smallest absolute Gasteiger partial charge is 0.126 e. The number of imidazole rings is 1. The molecule has 1 aromatic rings. The zero-order chi connectivity index (χ0) is 10.3. The Morgan fingerprint density at radius 2 is 2.14 bits per heavy atom. The Bertz CT molecular complexity index is 334. The summed E-state index contributed by atoms with van der Waals surface area (Å²) in [6, 6.07) is 0. The predicted octanol–water partition coefficient (Wildman–Crippen LogP) is 1.86. The molecule has 1 fully saturated rings. The molecule has 14 heavy (non-hydrogen) atoms. The fourth-order valence-electron chi connectivity index (χ4n) is 1.69. The van der Waals surface area contributed by atoms with Gasteiger partial charge >= 0.3 is 0 Å². The molecule has 0 radical (unpaired) electrons. The molecule has 0 aromatic carbocycles. The number of H-pyrrole nitrogens is 1. The minimum atomic E-state index is -0.125. The lowest BCUT2D eigenvalue weighted by Crippen LogP contribution is -2.20. The van der Waals surface area contributed by atoms with Gasteiger partial charge in [0.2, 0.25) is 0 Å². The molecule has 2 rings (SSSR count). The van der Waals surface area contributed by atoms with E-state index >= 15 is 0 Å². The van der Waals surface area contributed by atoms with Crippen molar-refractivity contribution in [1.82, 2.24) is 9.97 Å². The number of nitrogens with zero attached hydrogens (tertiary/aromatic N) is 1. The van der Waals surface area contributed by atoms with E-state index < -0.39 is 0 Å². The van der Waals surface area contributed by atoms with Crippen molar-refractivity contribution in [2.24, 2.45) is 11.7 Å². The monoisotopic (exact) mass is 193 g/mol. The zero-order valence-corrected chi connectivity index (χ0v) is 9.22. The van der Waals surface area contributed by atoms with Gasteiger partial charge in [0.05, 0.1) is 11.2 Å². The summed E-state index contributed by atoms with van der Waals surface area (Å²) in [7, 11) is 0. The van der Waals surface area contributed by atoms with Crippen molar-refractivity contribution in [3.63, 3.8) is 0 Å². The third-order valence-electron chi connectivity index (χ3n) is 2.85. The highest BCUT2D eigenvalue weighted by atomic mass is 15.0. The first kappa shape index (κ1) is 9.71. The maximum atomic E-state index is 6.09. The molecule has 0 bridgehead atoms. The van der Waals surface area contributed by atoms with E-state index in [9.17, 15) is 0 Å². The predicted molar refractivity (Wildman–Crippen MR) is 57.0 cm³/mol. The van der Waals surface area contributed by atoms with Gasteiger partial charge < -0.3 is 10.7 Å². The van der Waals surface area contributed by atoms with Gasteiger partial charge in [-0.25, -0.2) is 4.98 Å². The third kappa shape index (κ3) is 1.69. The van der Waals surface area contributed by atoms with Gasteiger partial charge in [0.15, 0.2) is 0 Å². The van der Waals surface area contributed by atoms with Crippen LogP contribution in [0, 0.1) is 12.8 Å². The molecule has 0 atom stereocenters. The molecule has 0 saturated heterocycles. The highest BCUT2D eigenvalue weighted by Crippen LogP contribution is 2.41. The van der Waals surface area contributed by atoms with Crippen LogP contribution in [0.1, 0.15) is 43.9 Å². The lowest BCUT2D eigenvalue weighted by molar-refractivity contribution is 0.628. The molecule has 1 aliphatic carbocycles.